The standard InChI is InChI=1S/C37H52N4O12/c1-48-31(42)19-39(20-32(43)49-2)26-37(27-40(21-33(44)50-3)22-34(45)51-4,28-41(23-35(46)52-5)24-36(47)53-6)25-38(17-29-13-9-7-10-14-29)18-30-15-11-8-12-16-30/h7-16H,17-28H2,1-6H3. The Morgan fingerprint density at radius 1 is 0.396 bits per heavy atom. The van der Waals surface area contributed by atoms with E-state index in [1.165, 1.54) is 57.4 Å². The summed E-state index contributed by atoms with van der Waals surface area (Å²) in [6, 6.07) is 19.4. The van der Waals surface area contributed by atoms with Gasteiger partial charge in [0.05, 0.1) is 81.9 Å². The van der Waals surface area contributed by atoms with Crippen LogP contribution in [0.5, 0.6) is 0 Å². The van der Waals surface area contributed by atoms with Crippen molar-refractivity contribution in [3.05, 3.63) is 71.8 Å². The van der Waals surface area contributed by atoms with Crippen LogP contribution < -0.4 is 0 Å². The molecule has 0 aliphatic carbocycles. The van der Waals surface area contributed by atoms with E-state index in [0.717, 1.165) is 11.1 Å². The minimum atomic E-state index is -1.18. The van der Waals surface area contributed by atoms with Crippen LogP contribution >= 0.6 is 0 Å². The van der Waals surface area contributed by atoms with Crippen molar-refractivity contribution >= 4 is 35.8 Å². The van der Waals surface area contributed by atoms with Gasteiger partial charge in [0.1, 0.15) is 0 Å². The molecule has 0 saturated heterocycles. The van der Waals surface area contributed by atoms with Crippen LogP contribution in [0.1, 0.15) is 11.1 Å². The van der Waals surface area contributed by atoms with Crippen molar-refractivity contribution in [2.24, 2.45) is 5.41 Å². The number of carbonyl (C=O) groups excluding carboxylic acids is 6. The molecule has 2 aromatic carbocycles. The third-order valence-corrected chi connectivity index (χ3v) is 8.22. The lowest BCUT2D eigenvalue weighted by atomic mass is 9.83. The van der Waals surface area contributed by atoms with E-state index in [2.05, 4.69) is 4.90 Å². The topological polar surface area (TPSA) is 171 Å². The lowest BCUT2D eigenvalue weighted by molar-refractivity contribution is -0.146. The molecule has 0 unspecified atom stereocenters. The molecule has 0 aliphatic rings. The molecular weight excluding hydrogens is 692 g/mol. The van der Waals surface area contributed by atoms with Gasteiger partial charge in [-0.25, -0.2) is 0 Å². The molecule has 16 heteroatoms. The van der Waals surface area contributed by atoms with Crippen LogP contribution in [0.4, 0.5) is 0 Å². The minimum absolute atomic E-state index is 0.0605. The first-order chi connectivity index (χ1) is 25.4. The smallest absolute Gasteiger partial charge is 0.319 e. The highest BCUT2D eigenvalue weighted by molar-refractivity contribution is 5.76. The number of esters is 6. The number of ether oxygens (including phenoxy) is 6. The van der Waals surface area contributed by atoms with Crippen LogP contribution in [-0.2, 0) is 70.3 Å². The summed E-state index contributed by atoms with van der Waals surface area (Å²) >= 11 is 0. The Hall–Kier alpha value is -4.90. The molecule has 0 atom stereocenters. The van der Waals surface area contributed by atoms with Crippen LogP contribution in [-0.4, -0.2) is 164 Å². The summed E-state index contributed by atoms with van der Waals surface area (Å²) in [6.07, 6.45) is 0. The zero-order valence-electron chi connectivity index (χ0n) is 31.4. The monoisotopic (exact) mass is 744 g/mol. The molecule has 0 bridgehead atoms. The summed E-state index contributed by atoms with van der Waals surface area (Å²) in [5.41, 5.74) is 0.760. The van der Waals surface area contributed by atoms with Crippen molar-refractivity contribution in [2.75, 3.05) is 108 Å². The van der Waals surface area contributed by atoms with Crippen LogP contribution in [0.2, 0.25) is 0 Å². The maximum atomic E-state index is 12.8. The normalized spacial score (nSPS) is 11.4. The molecule has 0 aliphatic heterocycles. The lowest BCUT2D eigenvalue weighted by Crippen LogP contribution is -2.59. The van der Waals surface area contributed by atoms with Crippen molar-refractivity contribution in [3.63, 3.8) is 0 Å². The third-order valence-electron chi connectivity index (χ3n) is 8.22. The van der Waals surface area contributed by atoms with Gasteiger partial charge in [-0.2, -0.15) is 0 Å². The van der Waals surface area contributed by atoms with Crippen molar-refractivity contribution in [3.8, 4) is 0 Å². The fourth-order valence-corrected chi connectivity index (χ4v) is 6.03. The molecule has 0 fully saturated rings. The van der Waals surface area contributed by atoms with E-state index < -0.39 is 41.2 Å². The van der Waals surface area contributed by atoms with Crippen molar-refractivity contribution in [2.45, 2.75) is 13.1 Å². The number of rotatable bonds is 24. The van der Waals surface area contributed by atoms with E-state index in [1.54, 1.807) is 0 Å². The second-order valence-electron chi connectivity index (χ2n) is 12.5. The Balaban J connectivity index is 2.92. The van der Waals surface area contributed by atoms with Crippen molar-refractivity contribution < 1.29 is 57.2 Å². The number of nitrogens with zero attached hydrogens (tertiary/aromatic N) is 4. The first-order valence-electron chi connectivity index (χ1n) is 16.8. The largest absolute Gasteiger partial charge is 0.468 e. The van der Waals surface area contributed by atoms with Gasteiger partial charge in [-0.05, 0) is 11.1 Å². The molecular formula is C37H52N4O12. The van der Waals surface area contributed by atoms with Crippen LogP contribution in [0.15, 0.2) is 60.7 Å². The molecule has 0 amide bonds. The summed E-state index contributed by atoms with van der Waals surface area (Å²) in [6.45, 7) is -1.20. The summed E-state index contributed by atoms with van der Waals surface area (Å²) in [5.74, 6) is -3.86. The average molecular weight is 745 g/mol. The zero-order valence-corrected chi connectivity index (χ0v) is 31.4. The number of methoxy groups -OCH3 is 6. The molecule has 0 saturated carbocycles. The summed E-state index contributed by atoms with van der Waals surface area (Å²) in [7, 11) is 7.31. The molecule has 53 heavy (non-hydrogen) atoms. The minimum Gasteiger partial charge on any atom is -0.468 e. The Morgan fingerprint density at radius 3 is 0.849 bits per heavy atom. The Morgan fingerprint density at radius 2 is 0.623 bits per heavy atom. The number of carbonyl (C=O) groups is 6. The molecule has 2 aromatic rings. The summed E-state index contributed by atoms with van der Waals surface area (Å²) < 4.78 is 29.8. The first kappa shape index (κ1) is 44.3. The maximum Gasteiger partial charge on any atom is 0.319 e. The number of benzene rings is 2. The Kier molecular flexibility index (Phi) is 19.7. The fourth-order valence-electron chi connectivity index (χ4n) is 6.03. The van der Waals surface area contributed by atoms with Gasteiger partial charge in [0.2, 0.25) is 0 Å². The molecule has 16 nitrogen and oxygen atoms in total. The van der Waals surface area contributed by atoms with Crippen molar-refractivity contribution in [1.29, 1.82) is 0 Å². The predicted molar refractivity (Wildman–Crippen MR) is 191 cm³/mol. The van der Waals surface area contributed by atoms with Gasteiger partial charge in [0.25, 0.3) is 0 Å². The second-order valence-corrected chi connectivity index (χ2v) is 12.5. The molecule has 0 N–H and O–H groups in total. The second kappa shape index (κ2) is 23.6. The Labute approximate surface area is 310 Å². The highest BCUT2D eigenvalue weighted by Crippen LogP contribution is 2.28. The van der Waals surface area contributed by atoms with Crippen LogP contribution in [0.25, 0.3) is 0 Å². The van der Waals surface area contributed by atoms with E-state index in [-0.39, 0.29) is 65.4 Å². The zero-order chi connectivity index (χ0) is 39.2. The SMILES string of the molecule is COC(=O)CN(CC(=O)OC)CC(CN(CC(=O)OC)CC(=O)OC)(CN(CC(=O)OC)CC(=O)OC)CN(Cc1ccccc1)Cc1ccccc1. The van der Waals surface area contributed by atoms with Gasteiger partial charge in [0, 0.05) is 44.7 Å². The third kappa shape index (κ3) is 17.0. The van der Waals surface area contributed by atoms with Gasteiger partial charge in [-0.3, -0.25) is 48.4 Å². The van der Waals surface area contributed by atoms with Gasteiger partial charge < -0.3 is 28.4 Å². The maximum absolute atomic E-state index is 12.8. The van der Waals surface area contributed by atoms with E-state index in [9.17, 15) is 28.8 Å². The number of hydrogen-bond donors (Lipinski definition) is 0. The molecule has 0 radical (unpaired) electrons. The van der Waals surface area contributed by atoms with E-state index in [0.29, 0.717) is 13.1 Å². The molecule has 292 valence electrons. The predicted octanol–water partition coefficient (Wildman–Crippen LogP) is 0.619. The summed E-state index contributed by atoms with van der Waals surface area (Å²) in [4.78, 5) is 83.4. The van der Waals surface area contributed by atoms with Crippen molar-refractivity contribution in [1.82, 2.24) is 19.6 Å². The highest BCUT2D eigenvalue weighted by atomic mass is 16.5. The summed E-state index contributed by atoms with van der Waals surface area (Å²) in [5, 5.41) is 0. The van der Waals surface area contributed by atoms with Gasteiger partial charge in [-0.15, -0.1) is 0 Å². The van der Waals surface area contributed by atoms with E-state index in [1.807, 2.05) is 60.7 Å². The van der Waals surface area contributed by atoms with Crippen LogP contribution in [0, 0.1) is 5.41 Å². The first-order valence-corrected chi connectivity index (χ1v) is 16.8. The van der Waals surface area contributed by atoms with E-state index in [4.69, 9.17) is 28.4 Å². The van der Waals surface area contributed by atoms with Crippen LogP contribution in [0.3, 0.4) is 0 Å². The fraction of sp³-hybridized carbons (Fsp3) is 0.514. The van der Waals surface area contributed by atoms with Gasteiger partial charge in [-0.1, -0.05) is 60.7 Å². The highest BCUT2D eigenvalue weighted by Gasteiger charge is 2.41. The van der Waals surface area contributed by atoms with E-state index >= 15 is 0 Å². The lowest BCUT2D eigenvalue weighted by Gasteiger charge is -2.46. The molecule has 0 aromatic heterocycles. The molecule has 0 heterocycles. The Bertz CT molecular complexity index is 1260. The van der Waals surface area contributed by atoms with Gasteiger partial charge in [0.15, 0.2) is 0 Å². The molecule has 2 rings (SSSR count). The quantitative estimate of drug-likeness (QED) is 0.108. The number of hydrogen-bond acceptors (Lipinski definition) is 16. The van der Waals surface area contributed by atoms with Gasteiger partial charge >= 0.3 is 35.8 Å². The average Bonchev–Trinajstić information content (AvgIpc) is 3.14. The molecule has 0 spiro atoms.